The highest BCUT2D eigenvalue weighted by atomic mass is 16.6. The highest BCUT2D eigenvalue weighted by Gasteiger charge is 2.25. The van der Waals surface area contributed by atoms with Gasteiger partial charge in [0.1, 0.15) is 5.60 Å². The number of amides is 3. The maximum Gasteiger partial charge on any atom is 0.408 e. The SMILES string of the molecule is CC(C)CC(NC(=O)OC(C)(C)C)/C(N)=N/OCC(=O)Nc1ccccc1N1CCCC1=O. The number of nitrogens with two attached hydrogens (primary N) is 1. The van der Waals surface area contributed by atoms with Gasteiger partial charge in [0.2, 0.25) is 5.91 Å². The van der Waals surface area contributed by atoms with Gasteiger partial charge >= 0.3 is 6.09 Å². The number of hydrogen-bond donors (Lipinski definition) is 3. The van der Waals surface area contributed by atoms with E-state index in [9.17, 15) is 14.4 Å². The van der Waals surface area contributed by atoms with Gasteiger partial charge in [0.25, 0.3) is 5.91 Å². The lowest BCUT2D eigenvalue weighted by Gasteiger charge is -2.24. The summed E-state index contributed by atoms with van der Waals surface area (Å²) in [6, 6.07) is 6.49. The van der Waals surface area contributed by atoms with E-state index in [-0.39, 0.29) is 24.3 Å². The average Bonchev–Trinajstić information content (AvgIpc) is 3.11. The van der Waals surface area contributed by atoms with Crippen molar-refractivity contribution >= 4 is 35.1 Å². The van der Waals surface area contributed by atoms with Crippen LogP contribution in [0.1, 0.15) is 53.9 Å². The van der Waals surface area contributed by atoms with Gasteiger partial charge in [-0.15, -0.1) is 0 Å². The number of nitrogens with one attached hydrogen (secondary N) is 2. The van der Waals surface area contributed by atoms with Gasteiger partial charge in [-0.05, 0) is 51.7 Å². The molecule has 182 valence electrons. The van der Waals surface area contributed by atoms with Crippen LogP contribution >= 0.6 is 0 Å². The molecular formula is C23H35N5O5. The van der Waals surface area contributed by atoms with Crippen LogP contribution < -0.4 is 21.3 Å². The average molecular weight is 462 g/mol. The number of carbonyl (C=O) groups is 3. The Morgan fingerprint density at radius 3 is 2.55 bits per heavy atom. The topological polar surface area (TPSA) is 135 Å². The van der Waals surface area contributed by atoms with Crippen molar-refractivity contribution in [2.45, 2.75) is 65.5 Å². The Labute approximate surface area is 194 Å². The van der Waals surface area contributed by atoms with Crippen LogP contribution in [0, 0.1) is 5.92 Å². The summed E-state index contributed by atoms with van der Waals surface area (Å²) in [5, 5.41) is 9.25. The lowest BCUT2D eigenvalue weighted by Crippen LogP contribution is -2.47. The van der Waals surface area contributed by atoms with Crippen LogP contribution in [0.3, 0.4) is 0 Å². The van der Waals surface area contributed by atoms with Crippen LogP contribution in [0.2, 0.25) is 0 Å². The van der Waals surface area contributed by atoms with Crippen LogP contribution in [0.5, 0.6) is 0 Å². The molecule has 1 aromatic carbocycles. The van der Waals surface area contributed by atoms with Crippen LogP contribution in [0.15, 0.2) is 29.4 Å². The van der Waals surface area contributed by atoms with E-state index in [2.05, 4.69) is 15.8 Å². The Morgan fingerprint density at radius 1 is 1.24 bits per heavy atom. The molecule has 1 heterocycles. The van der Waals surface area contributed by atoms with E-state index in [4.69, 9.17) is 15.3 Å². The molecule has 2 rings (SSSR count). The Balaban J connectivity index is 1.96. The molecule has 3 amide bonds. The molecule has 1 fully saturated rings. The first-order valence-electron chi connectivity index (χ1n) is 11.1. The van der Waals surface area contributed by atoms with Crippen molar-refractivity contribution in [3.63, 3.8) is 0 Å². The summed E-state index contributed by atoms with van der Waals surface area (Å²) in [4.78, 5) is 43.4. The third-order valence-corrected chi connectivity index (χ3v) is 4.66. The molecule has 0 aromatic heterocycles. The minimum atomic E-state index is -0.650. The molecule has 1 aromatic rings. The second kappa shape index (κ2) is 11.5. The van der Waals surface area contributed by atoms with Gasteiger partial charge in [-0.2, -0.15) is 0 Å². The first-order chi connectivity index (χ1) is 15.5. The lowest BCUT2D eigenvalue weighted by molar-refractivity contribution is -0.120. The minimum absolute atomic E-state index is 0.0269. The lowest BCUT2D eigenvalue weighted by atomic mass is 10.0. The quantitative estimate of drug-likeness (QED) is 0.294. The first-order valence-corrected chi connectivity index (χ1v) is 11.1. The first kappa shape index (κ1) is 26.0. The zero-order valence-electron chi connectivity index (χ0n) is 20.0. The molecule has 1 atom stereocenters. The number of amidine groups is 1. The molecule has 1 saturated heterocycles. The van der Waals surface area contributed by atoms with E-state index in [1.807, 2.05) is 19.9 Å². The molecule has 33 heavy (non-hydrogen) atoms. The molecule has 10 heteroatoms. The summed E-state index contributed by atoms with van der Waals surface area (Å²) < 4.78 is 5.28. The normalized spacial score (nSPS) is 15.4. The number of carbonyl (C=O) groups excluding carboxylic acids is 3. The monoisotopic (exact) mass is 461 g/mol. The molecular weight excluding hydrogens is 426 g/mol. The molecule has 0 aliphatic carbocycles. The summed E-state index contributed by atoms with van der Waals surface area (Å²) >= 11 is 0. The molecule has 10 nitrogen and oxygen atoms in total. The van der Waals surface area contributed by atoms with Gasteiger partial charge in [0.05, 0.1) is 17.4 Å². The van der Waals surface area contributed by atoms with Gasteiger partial charge in [-0.1, -0.05) is 31.1 Å². The largest absolute Gasteiger partial charge is 0.444 e. The predicted molar refractivity (Wildman–Crippen MR) is 127 cm³/mol. The van der Waals surface area contributed by atoms with E-state index in [1.165, 1.54) is 0 Å². The van der Waals surface area contributed by atoms with Gasteiger partial charge in [0.15, 0.2) is 12.4 Å². The molecule has 4 N–H and O–H groups in total. The van der Waals surface area contributed by atoms with Gasteiger partial charge in [-0.3, -0.25) is 9.59 Å². The van der Waals surface area contributed by atoms with Crippen molar-refractivity contribution in [3.05, 3.63) is 24.3 Å². The molecule has 1 unspecified atom stereocenters. The molecule has 0 bridgehead atoms. The Morgan fingerprint density at radius 2 is 1.94 bits per heavy atom. The van der Waals surface area contributed by atoms with Gasteiger partial charge < -0.3 is 30.8 Å². The minimum Gasteiger partial charge on any atom is -0.444 e. The molecule has 0 spiro atoms. The summed E-state index contributed by atoms with van der Waals surface area (Å²) in [5.74, 6) is -0.178. The van der Waals surface area contributed by atoms with Crippen molar-refractivity contribution in [3.8, 4) is 0 Å². The highest BCUT2D eigenvalue weighted by Crippen LogP contribution is 2.29. The third kappa shape index (κ3) is 8.63. The molecule has 0 radical (unpaired) electrons. The number of ether oxygens (including phenoxy) is 1. The van der Waals surface area contributed by atoms with Crippen molar-refractivity contribution in [1.82, 2.24) is 5.32 Å². The van der Waals surface area contributed by atoms with Gasteiger partial charge in [0, 0.05) is 13.0 Å². The van der Waals surface area contributed by atoms with Crippen LogP contribution in [-0.4, -0.2) is 48.5 Å². The molecule has 0 saturated carbocycles. The second-order valence-electron chi connectivity index (χ2n) is 9.33. The van der Waals surface area contributed by atoms with Crippen molar-refractivity contribution in [1.29, 1.82) is 0 Å². The van der Waals surface area contributed by atoms with Gasteiger partial charge in [-0.25, -0.2) is 4.79 Å². The van der Waals surface area contributed by atoms with Crippen LogP contribution in [-0.2, 0) is 19.2 Å². The number of alkyl carbamates (subject to hydrolysis) is 1. The Bertz CT molecular complexity index is 878. The van der Waals surface area contributed by atoms with Crippen molar-refractivity contribution in [2.75, 3.05) is 23.4 Å². The Hall–Kier alpha value is -3.30. The fourth-order valence-electron chi connectivity index (χ4n) is 3.31. The maximum absolute atomic E-state index is 12.4. The van der Waals surface area contributed by atoms with E-state index in [0.717, 1.165) is 6.42 Å². The Kier molecular flexibility index (Phi) is 9.07. The highest BCUT2D eigenvalue weighted by molar-refractivity contribution is 6.02. The predicted octanol–water partition coefficient (Wildman–Crippen LogP) is 2.98. The van der Waals surface area contributed by atoms with E-state index in [1.54, 1.807) is 43.9 Å². The smallest absolute Gasteiger partial charge is 0.408 e. The number of hydrogen-bond acceptors (Lipinski definition) is 6. The number of oxime groups is 1. The number of nitrogens with zero attached hydrogens (tertiary/aromatic N) is 2. The standard InChI is InChI=1S/C23H35N5O5/c1-15(2)13-17(26-22(31)33-23(3,4)5)21(24)27-32-14-19(29)25-16-9-6-7-10-18(16)28-12-8-11-20(28)30/h6-7,9-10,15,17H,8,11-14H2,1-5H3,(H2,24,27)(H,25,29)(H,26,31). The van der Waals surface area contributed by atoms with Crippen LogP contribution in [0.25, 0.3) is 0 Å². The zero-order chi connectivity index (χ0) is 24.6. The number of anilines is 2. The summed E-state index contributed by atoms with van der Waals surface area (Å²) in [6.07, 6.45) is 1.18. The maximum atomic E-state index is 12.4. The van der Waals surface area contributed by atoms with E-state index >= 15 is 0 Å². The summed E-state index contributed by atoms with van der Waals surface area (Å²) in [7, 11) is 0. The van der Waals surface area contributed by atoms with E-state index in [0.29, 0.717) is 30.8 Å². The fourth-order valence-corrected chi connectivity index (χ4v) is 3.31. The number of benzene rings is 1. The number of para-hydroxylation sites is 2. The summed E-state index contributed by atoms with van der Waals surface area (Å²) in [6.45, 7) is 9.49. The zero-order valence-corrected chi connectivity index (χ0v) is 20.0. The van der Waals surface area contributed by atoms with E-state index < -0.39 is 23.6 Å². The fraction of sp³-hybridized carbons (Fsp3) is 0.565. The van der Waals surface area contributed by atoms with Crippen molar-refractivity contribution < 1.29 is 24.0 Å². The van der Waals surface area contributed by atoms with Crippen molar-refractivity contribution in [2.24, 2.45) is 16.8 Å². The molecule has 1 aliphatic rings. The third-order valence-electron chi connectivity index (χ3n) is 4.66. The van der Waals surface area contributed by atoms with Crippen LogP contribution in [0.4, 0.5) is 16.2 Å². The number of rotatable bonds is 9. The molecule has 1 aliphatic heterocycles. The summed E-state index contributed by atoms with van der Waals surface area (Å²) in [5.41, 5.74) is 6.53. The second-order valence-corrected chi connectivity index (χ2v) is 9.33.